The first-order valence-corrected chi connectivity index (χ1v) is 19.0. The third kappa shape index (κ3) is 8.08. The summed E-state index contributed by atoms with van der Waals surface area (Å²) in [7, 11) is 0. The summed E-state index contributed by atoms with van der Waals surface area (Å²) in [5, 5.41) is 14.9. The van der Waals surface area contributed by atoms with Gasteiger partial charge >= 0.3 is 6.09 Å². The number of hydrogen-bond donors (Lipinski definition) is 5. The number of nitrogens with one attached hydrogen (secondary N) is 4. The number of imidazole rings is 2. The number of carboxylic acid groups (broad SMARTS) is 1. The number of aromatic amines is 2. The van der Waals surface area contributed by atoms with Crippen LogP contribution in [-0.2, 0) is 9.59 Å². The maximum absolute atomic E-state index is 13.8. The first kappa shape index (κ1) is 37.3. The largest absolute Gasteiger partial charge is 0.465 e. The molecule has 0 aliphatic carbocycles. The molecule has 5 aromatic rings. The lowest BCUT2D eigenvalue weighted by atomic mass is 10.0. The molecule has 3 amide bonds. The van der Waals surface area contributed by atoms with Crippen molar-refractivity contribution in [2.45, 2.75) is 77.5 Å². The number of likely N-dealkylation sites (tertiary alicyclic amines) is 2. The molecule has 2 aliphatic heterocycles. The zero-order valence-electron chi connectivity index (χ0n) is 31.6. The fourth-order valence-corrected chi connectivity index (χ4v) is 7.65. The van der Waals surface area contributed by atoms with E-state index in [1.54, 1.807) is 29.6 Å². The monoisotopic (exact) mass is 744 g/mol. The van der Waals surface area contributed by atoms with E-state index in [-0.39, 0.29) is 35.7 Å². The minimum Gasteiger partial charge on any atom is -0.465 e. The molecule has 5 N–H and O–H groups in total. The Hall–Kier alpha value is -6.05. The summed E-state index contributed by atoms with van der Waals surface area (Å²) in [6.45, 7) is 8.94. The molecule has 2 saturated heterocycles. The van der Waals surface area contributed by atoms with E-state index in [4.69, 9.17) is 4.98 Å². The van der Waals surface area contributed by atoms with Crippen molar-refractivity contribution in [1.29, 1.82) is 0 Å². The van der Waals surface area contributed by atoms with Gasteiger partial charge in [0, 0.05) is 25.5 Å². The first-order valence-electron chi connectivity index (χ1n) is 19.0. The van der Waals surface area contributed by atoms with E-state index in [1.165, 1.54) is 0 Å². The highest BCUT2D eigenvalue weighted by molar-refractivity contribution is 5.86. The molecule has 14 nitrogen and oxygen atoms in total. The number of anilines is 1. The molecule has 0 radical (unpaired) electrons. The Morgan fingerprint density at radius 1 is 0.673 bits per heavy atom. The molecule has 0 saturated carbocycles. The third-order valence-electron chi connectivity index (χ3n) is 10.6. The summed E-state index contributed by atoms with van der Waals surface area (Å²) in [6.07, 6.45) is 9.06. The van der Waals surface area contributed by atoms with E-state index in [1.807, 2.05) is 50.9 Å². The van der Waals surface area contributed by atoms with Gasteiger partial charge in [0.15, 0.2) is 0 Å². The van der Waals surface area contributed by atoms with Gasteiger partial charge in [-0.05, 0) is 65.8 Å². The van der Waals surface area contributed by atoms with Gasteiger partial charge in [-0.3, -0.25) is 9.59 Å². The molecule has 2 aliphatic rings. The van der Waals surface area contributed by atoms with Crippen molar-refractivity contribution in [2.24, 2.45) is 11.8 Å². The normalized spacial score (nSPS) is 18.1. The predicted octanol–water partition coefficient (Wildman–Crippen LogP) is 6.68. The van der Waals surface area contributed by atoms with E-state index >= 15 is 0 Å². The molecule has 2 fully saturated rings. The second-order valence-electron chi connectivity index (χ2n) is 15.0. The summed E-state index contributed by atoms with van der Waals surface area (Å²) in [6, 6.07) is 16.7. The molecule has 4 atom stereocenters. The standard InChI is InChI=1S/C41H48N10O4/c1-24(2)34(48-40-42-18-7-19-43-40)38(52)50-20-5-8-32(50)36-44-22-30(46-36)28-14-10-26(11-15-28)27-12-16-29(17-13-27)31-23-45-37(47-31)33-9-6-21-51(33)39(53)35(25(3)4)49-41(54)55/h7,10-19,22-25,32-35,49H,5-6,8-9,20-21H2,1-4H3,(H,44,46)(H,45,47)(H,54,55)(H,42,43,48)/t32-,33-,34+,35-/m0/s1. The first-order chi connectivity index (χ1) is 26.6. The lowest BCUT2D eigenvalue weighted by molar-refractivity contribution is -0.135. The van der Waals surface area contributed by atoms with Crippen molar-refractivity contribution >= 4 is 23.9 Å². The summed E-state index contributed by atoms with van der Waals surface area (Å²) < 4.78 is 0. The van der Waals surface area contributed by atoms with Crippen LogP contribution >= 0.6 is 0 Å². The van der Waals surface area contributed by atoms with Gasteiger partial charge in [0.1, 0.15) is 23.7 Å². The maximum atomic E-state index is 13.8. The number of carbonyl (C=O) groups is 3. The number of rotatable bonds is 12. The van der Waals surface area contributed by atoms with E-state index in [0.717, 1.165) is 65.1 Å². The molecule has 0 spiro atoms. The Bertz CT molecular complexity index is 2100. The average molecular weight is 745 g/mol. The molecule has 7 rings (SSSR count). The fraction of sp³-hybridized carbons (Fsp3) is 0.390. The number of nitrogens with zero attached hydrogens (tertiary/aromatic N) is 6. The van der Waals surface area contributed by atoms with Crippen LogP contribution in [0.2, 0.25) is 0 Å². The van der Waals surface area contributed by atoms with E-state index < -0.39 is 18.2 Å². The molecule has 55 heavy (non-hydrogen) atoms. The van der Waals surface area contributed by atoms with Gasteiger partial charge < -0.3 is 35.5 Å². The number of amides is 3. The van der Waals surface area contributed by atoms with E-state index in [0.29, 0.717) is 24.9 Å². The smallest absolute Gasteiger partial charge is 0.405 e. The average Bonchev–Trinajstić information content (AvgIpc) is 4.02. The molecule has 14 heteroatoms. The van der Waals surface area contributed by atoms with Gasteiger partial charge in [-0.15, -0.1) is 0 Å². The summed E-state index contributed by atoms with van der Waals surface area (Å²) in [5.74, 6) is 1.57. The molecular weight excluding hydrogens is 697 g/mol. The SMILES string of the molecule is CC(C)[C@H](NC(=O)O)C(=O)N1CCC[C@H]1c1ncc(-c2ccc(-c3ccc(-c4cnc([C@@H]5CCCN5C(=O)[C@H](Nc5ncccn5)C(C)C)[nH]4)cc3)cc2)[nH]1. The fourth-order valence-electron chi connectivity index (χ4n) is 7.65. The number of carbonyl (C=O) groups excluding carboxylic acids is 2. The van der Waals surface area contributed by atoms with Crippen LogP contribution in [-0.4, -0.2) is 87.9 Å². The van der Waals surface area contributed by atoms with Crippen LogP contribution in [0.5, 0.6) is 0 Å². The van der Waals surface area contributed by atoms with Crippen molar-refractivity contribution in [3.63, 3.8) is 0 Å². The Morgan fingerprint density at radius 3 is 1.55 bits per heavy atom. The van der Waals surface area contributed by atoms with Gasteiger partial charge in [0.25, 0.3) is 0 Å². The highest BCUT2D eigenvalue weighted by atomic mass is 16.4. The van der Waals surface area contributed by atoms with Crippen molar-refractivity contribution in [2.75, 3.05) is 18.4 Å². The van der Waals surface area contributed by atoms with Gasteiger partial charge in [-0.25, -0.2) is 24.7 Å². The Labute approximate surface area is 320 Å². The molecule has 286 valence electrons. The van der Waals surface area contributed by atoms with Crippen LogP contribution in [0.4, 0.5) is 10.7 Å². The minimum atomic E-state index is -1.21. The maximum Gasteiger partial charge on any atom is 0.405 e. The van der Waals surface area contributed by atoms with Gasteiger partial charge in [-0.1, -0.05) is 76.2 Å². The van der Waals surface area contributed by atoms with Crippen molar-refractivity contribution in [1.82, 2.24) is 45.0 Å². The van der Waals surface area contributed by atoms with Crippen LogP contribution in [0, 0.1) is 11.8 Å². The molecule has 0 bridgehead atoms. The second-order valence-corrected chi connectivity index (χ2v) is 15.0. The van der Waals surface area contributed by atoms with Crippen molar-refractivity contribution in [3.05, 3.63) is 91.0 Å². The third-order valence-corrected chi connectivity index (χ3v) is 10.6. The van der Waals surface area contributed by atoms with E-state index in [2.05, 4.69) is 72.0 Å². The Morgan fingerprint density at radius 2 is 1.11 bits per heavy atom. The lowest BCUT2D eigenvalue weighted by Gasteiger charge is -2.30. The molecule has 2 aromatic carbocycles. The molecular formula is C41H48N10O4. The molecule has 0 unspecified atom stereocenters. The zero-order chi connectivity index (χ0) is 38.6. The van der Waals surface area contributed by atoms with Crippen molar-refractivity contribution < 1.29 is 19.5 Å². The molecule has 5 heterocycles. The summed E-state index contributed by atoms with van der Waals surface area (Å²) in [4.78, 5) is 67.0. The number of aromatic nitrogens is 6. The highest BCUT2D eigenvalue weighted by Crippen LogP contribution is 2.35. The van der Waals surface area contributed by atoms with Crippen LogP contribution in [0.1, 0.15) is 77.1 Å². The minimum absolute atomic E-state index is 0.0192. The summed E-state index contributed by atoms with van der Waals surface area (Å²) >= 11 is 0. The zero-order valence-corrected chi connectivity index (χ0v) is 31.6. The number of hydrogen-bond acceptors (Lipinski definition) is 8. The number of H-pyrrole nitrogens is 2. The van der Waals surface area contributed by atoms with Crippen LogP contribution < -0.4 is 10.6 Å². The number of benzene rings is 2. The topological polar surface area (TPSA) is 185 Å². The Kier molecular flexibility index (Phi) is 10.9. The highest BCUT2D eigenvalue weighted by Gasteiger charge is 2.38. The van der Waals surface area contributed by atoms with Gasteiger partial charge in [0.2, 0.25) is 17.8 Å². The van der Waals surface area contributed by atoms with E-state index in [9.17, 15) is 19.5 Å². The van der Waals surface area contributed by atoms with Gasteiger partial charge in [-0.2, -0.15) is 0 Å². The van der Waals surface area contributed by atoms with Gasteiger partial charge in [0.05, 0.1) is 35.9 Å². The predicted molar refractivity (Wildman–Crippen MR) is 208 cm³/mol. The van der Waals surface area contributed by atoms with Crippen LogP contribution in [0.25, 0.3) is 33.6 Å². The lowest BCUT2D eigenvalue weighted by Crippen LogP contribution is -2.50. The summed E-state index contributed by atoms with van der Waals surface area (Å²) in [5.41, 5.74) is 5.84. The molecule has 3 aromatic heterocycles. The van der Waals surface area contributed by atoms with Crippen LogP contribution in [0.15, 0.2) is 79.4 Å². The quantitative estimate of drug-likeness (QED) is 0.0930. The Balaban J connectivity index is 1.00. The van der Waals surface area contributed by atoms with Crippen molar-refractivity contribution in [3.8, 4) is 33.6 Å². The van der Waals surface area contributed by atoms with Crippen LogP contribution in [0.3, 0.4) is 0 Å². The second kappa shape index (κ2) is 16.1.